The van der Waals surface area contributed by atoms with Gasteiger partial charge in [0.2, 0.25) is 0 Å². The normalized spacial score (nSPS) is 10.6. The largest absolute Gasteiger partial charge is 0.455 e. The van der Waals surface area contributed by atoms with Gasteiger partial charge < -0.3 is 9.26 Å². The van der Waals surface area contributed by atoms with Crippen LogP contribution in [-0.2, 0) is 11.3 Å². The Balaban J connectivity index is 1.68. The first-order valence-corrected chi connectivity index (χ1v) is 7.76. The summed E-state index contributed by atoms with van der Waals surface area (Å²) in [6.07, 6.45) is 0. The molecule has 0 aliphatic heterocycles. The number of thiophene rings is 1. The van der Waals surface area contributed by atoms with E-state index in [1.165, 1.54) is 0 Å². The summed E-state index contributed by atoms with van der Waals surface area (Å²) < 4.78 is 10.6. The summed E-state index contributed by atoms with van der Waals surface area (Å²) in [5, 5.41) is 5.90. The lowest BCUT2D eigenvalue weighted by atomic mass is 10.0. The van der Waals surface area contributed by atoms with Gasteiger partial charge >= 0.3 is 5.97 Å². The highest BCUT2D eigenvalue weighted by Crippen LogP contribution is 2.25. The van der Waals surface area contributed by atoms with Gasteiger partial charge in [-0.1, -0.05) is 23.4 Å². The molecule has 0 N–H and O–H groups in total. The molecule has 0 bridgehead atoms. The number of aryl methyl sites for hydroxylation is 1. The van der Waals surface area contributed by atoms with Gasteiger partial charge in [0.05, 0.1) is 10.4 Å². The van der Waals surface area contributed by atoms with Crippen molar-refractivity contribution in [3.05, 3.63) is 64.2 Å². The summed E-state index contributed by atoms with van der Waals surface area (Å²) in [7, 11) is 0. The molecule has 0 saturated carbocycles. The SMILES string of the molecule is Cc1cccc(C(=O)OCc2cc(-c3cccs3)on2)c1C. The van der Waals surface area contributed by atoms with Crippen molar-refractivity contribution in [2.75, 3.05) is 0 Å². The van der Waals surface area contributed by atoms with Crippen LogP contribution >= 0.6 is 11.3 Å². The molecule has 0 spiro atoms. The van der Waals surface area contributed by atoms with Crippen molar-refractivity contribution in [1.29, 1.82) is 0 Å². The molecule has 22 heavy (non-hydrogen) atoms. The van der Waals surface area contributed by atoms with Crippen LogP contribution in [0.15, 0.2) is 46.3 Å². The Bertz CT molecular complexity index is 790. The molecule has 0 aliphatic rings. The zero-order valence-electron chi connectivity index (χ0n) is 12.3. The molecular formula is C17H15NO3S. The Hall–Kier alpha value is -2.40. The predicted molar refractivity (Wildman–Crippen MR) is 84.9 cm³/mol. The molecular weight excluding hydrogens is 298 g/mol. The first-order chi connectivity index (χ1) is 10.6. The molecule has 0 aliphatic carbocycles. The minimum Gasteiger partial charge on any atom is -0.455 e. The van der Waals surface area contributed by atoms with Gasteiger partial charge in [-0.15, -0.1) is 11.3 Å². The van der Waals surface area contributed by atoms with Gasteiger partial charge in [-0.05, 0) is 42.5 Å². The summed E-state index contributed by atoms with van der Waals surface area (Å²) in [5.41, 5.74) is 3.19. The van der Waals surface area contributed by atoms with E-state index in [0.29, 0.717) is 17.0 Å². The molecule has 0 atom stereocenters. The minimum atomic E-state index is -0.345. The number of ether oxygens (including phenoxy) is 1. The summed E-state index contributed by atoms with van der Waals surface area (Å²) in [6.45, 7) is 3.98. The molecule has 0 radical (unpaired) electrons. The van der Waals surface area contributed by atoms with E-state index in [4.69, 9.17) is 9.26 Å². The second-order valence-electron chi connectivity index (χ2n) is 4.98. The third kappa shape index (κ3) is 2.94. The third-order valence-corrected chi connectivity index (χ3v) is 4.38. The van der Waals surface area contributed by atoms with Crippen molar-refractivity contribution in [2.24, 2.45) is 0 Å². The molecule has 1 aromatic carbocycles. The molecule has 3 aromatic rings. The molecule has 112 valence electrons. The van der Waals surface area contributed by atoms with Gasteiger partial charge in [0.1, 0.15) is 12.3 Å². The molecule has 3 rings (SSSR count). The van der Waals surface area contributed by atoms with E-state index in [-0.39, 0.29) is 12.6 Å². The van der Waals surface area contributed by atoms with E-state index >= 15 is 0 Å². The van der Waals surface area contributed by atoms with Crippen LogP contribution in [0.4, 0.5) is 0 Å². The number of carbonyl (C=O) groups is 1. The van der Waals surface area contributed by atoms with Gasteiger partial charge in [-0.2, -0.15) is 0 Å². The summed E-state index contributed by atoms with van der Waals surface area (Å²) >= 11 is 1.57. The van der Waals surface area contributed by atoms with Gasteiger partial charge in [-0.25, -0.2) is 4.79 Å². The number of benzene rings is 1. The standard InChI is InChI=1S/C17H15NO3S/c1-11-5-3-6-14(12(11)2)17(19)20-10-13-9-15(21-18-13)16-7-4-8-22-16/h3-9H,10H2,1-2H3. The Morgan fingerprint density at radius 2 is 2.14 bits per heavy atom. The number of hydrogen-bond acceptors (Lipinski definition) is 5. The highest BCUT2D eigenvalue weighted by atomic mass is 32.1. The maximum Gasteiger partial charge on any atom is 0.338 e. The molecule has 0 unspecified atom stereocenters. The van der Waals surface area contributed by atoms with Gasteiger partial charge in [-0.3, -0.25) is 0 Å². The zero-order chi connectivity index (χ0) is 15.5. The second kappa shape index (κ2) is 6.15. The van der Waals surface area contributed by atoms with E-state index in [0.717, 1.165) is 16.0 Å². The Morgan fingerprint density at radius 3 is 2.91 bits per heavy atom. The van der Waals surface area contributed by atoms with Crippen LogP contribution in [0.5, 0.6) is 0 Å². The zero-order valence-corrected chi connectivity index (χ0v) is 13.1. The highest BCUT2D eigenvalue weighted by molar-refractivity contribution is 7.13. The van der Waals surface area contributed by atoms with Crippen molar-refractivity contribution in [3.63, 3.8) is 0 Å². The Morgan fingerprint density at radius 1 is 1.27 bits per heavy atom. The fourth-order valence-corrected chi connectivity index (χ4v) is 2.78. The molecule has 0 saturated heterocycles. The van der Waals surface area contributed by atoms with Crippen LogP contribution in [0.1, 0.15) is 27.2 Å². The smallest absolute Gasteiger partial charge is 0.338 e. The Kier molecular flexibility index (Phi) is 4.06. The van der Waals surface area contributed by atoms with E-state index in [1.54, 1.807) is 23.5 Å². The monoisotopic (exact) mass is 313 g/mol. The molecule has 2 heterocycles. The number of nitrogens with zero attached hydrogens (tertiary/aromatic N) is 1. The van der Waals surface area contributed by atoms with Crippen LogP contribution in [0.3, 0.4) is 0 Å². The second-order valence-corrected chi connectivity index (χ2v) is 5.93. The average molecular weight is 313 g/mol. The lowest BCUT2D eigenvalue weighted by Gasteiger charge is -2.07. The molecule has 2 aromatic heterocycles. The fourth-order valence-electron chi connectivity index (χ4n) is 2.10. The van der Waals surface area contributed by atoms with E-state index < -0.39 is 0 Å². The van der Waals surface area contributed by atoms with Crippen molar-refractivity contribution in [1.82, 2.24) is 5.16 Å². The first-order valence-electron chi connectivity index (χ1n) is 6.88. The molecule has 5 heteroatoms. The van der Waals surface area contributed by atoms with Crippen LogP contribution in [0.25, 0.3) is 10.6 Å². The van der Waals surface area contributed by atoms with E-state index in [2.05, 4.69) is 5.16 Å². The topological polar surface area (TPSA) is 52.3 Å². The fraction of sp³-hybridized carbons (Fsp3) is 0.176. The quantitative estimate of drug-likeness (QED) is 0.671. The van der Waals surface area contributed by atoms with E-state index in [9.17, 15) is 4.79 Å². The number of hydrogen-bond donors (Lipinski definition) is 0. The van der Waals surface area contributed by atoms with Crippen LogP contribution in [0, 0.1) is 13.8 Å². The van der Waals surface area contributed by atoms with Crippen molar-refractivity contribution in [2.45, 2.75) is 20.5 Å². The van der Waals surface area contributed by atoms with Crippen LogP contribution < -0.4 is 0 Å². The van der Waals surface area contributed by atoms with Crippen LogP contribution in [-0.4, -0.2) is 11.1 Å². The number of rotatable bonds is 4. The first kappa shape index (κ1) is 14.5. The number of esters is 1. The molecule has 4 nitrogen and oxygen atoms in total. The number of aromatic nitrogens is 1. The van der Waals surface area contributed by atoms with Crippen molar-refractivity contribution in [3.8, 4) is 10.6 Å². The van der Waals surface area contributed by atoms with E-state index in [1.807, 2.05) is 43.5 Å². The lowest BCUT2D eigenvalue weighted by molar-refractivity contribution is 0.0463. The van der Waals surface area contributed by atoms with Gasteiger partial charge in [0.25, 0.3) is 0 Å². The lowest BCUT2D eigenvalue weighted by Crippen LogP contribution is -2.08. The van der Waals surface area contributed by atoms with Crippen LogP contribution in [0.2, 0.25) is 0 Å². The summed E-state index contributed by atoms with van der Waals surface area (Å²) in [5.74, 6) is 0.342. The maximum absolute atomic E-state index is 12.1. The van der Waals surface area contributed by atoms with Crippen molar-refractivity contribution >= 4 is 17.3 Å². The summed E-state index contributed by atoms with van der Waals surface area (Å²) in [4.78, 5) is 13.1. The minimum absolute atomic E-state index is 0.0983. The highest BCUT2D eigenvalue weighted by Gasteiger charge is 2.13. The molecule has 0 amide bonds. The van der Waals surface area contributed by atoms with Gasteiger partial charge in [0.15, 0.2) is 5.76 Å². The third-order valence-electron chi connectivity index (χ3n) is 3.50. The summed E-state index contributed by atoms with van der Waals surface area (Å²) in [6, 6.07) is 11.3. The maximum atomic E-state index is 12.1. The van der Waals surface area contributed by atoms with Gasteiger partial charge in [0, 0.05) is 6.07 Å². The predicted octanol–water partition coefficient (Wildman–Crippen LogP) is 4.38. The number of carbonyl (C=O) groups excluding carboxylic acids is 1. The molecule has 0 fully saturated rings. The van der Waals surface area contributed by atoms with Crippen molar-refractivity contribution < 1.29 is 14.1 Å². The Labute approximate surface area is 132 Å². The average Bonchev–Trinajstić information content (AvgIpc) is 3.18.